The first-order valence-electron chi connectivity index (χ1n) is 8.39. The van der Waals surface area contributed by atoms with Crippen molar-refractivity contribution in [3.05, 3.63) is 89.0 Å². The lowest BCUT2D eigenvalue weighted by Gasteiger charge is -2.16. The van der Waals surface area contributed by atoms with Crippen LogP contribution in [0.15, 0.2) is 77.9 Å². The van der Waals surface area contributed by atoms with Crippen LogP contribution in [0.3, 0.4) is 0 Å². The lowest BCUT2D eigenvalue weighted by molar-refractivity contribution is -0.134. The summed E-state index contributed by atoms with van der Waals surface area (Å²) in [6.45, 7) is 3.04. The van der Waals surface area contributed by atoms with Crippen molar-refractivity contribution in [3.63, 3.8) is 0 Å². The number of rotatable bonds is 2. The molecule has 0 unspecified atom stereocenters. The average Bonchev–Trinajstić information content (AvgIpc) is 2.61. The highest BCUT2D eigenvalue weighted by Gasteiger charge is 2.12. The standard InChI is InChI=1S/C20H19N3.C2H4O2.ClH/c1-13-12-16(6-11-19(13)23)20(14-2-7-17(21)8-3-14)15-4-9-18(22)10-5-15;1-2(3)4;/h2-12,23H,21-22H2,1H3;1H3,(H,3,4);1H. The zero-order chi connectivity index (χ0) is 20.0. The molecule has 6 N–H and O–H groups in total. The van der Waals surface area contributed by atoms with Crippen molar-refractivity contribution in [1.82, 2.24) is 0 Å². The fraction of sp³-hybridized carbons (Fsp3) is 0.0909. The quantitative estimate of drug-likeness (QED) is 0.550. The van der Waals surface area contributed by atoms with Gasteiger partial charge in [0.15, 0.2) is 0 Å². The van der Waals surface area contributed by atoms with Crippen molar-refractivity contribution >= 4 is 41.0 Å². The predicted molar refractivity (Wildman–Crippen MR) is 119 cm³/mol. The van der Waals surface area contributed by atoms with Crippen LogP contribution in [0.5, 0.6) is 0 Å². The number of aliphatic carboxylic acids is 1. The van der Waals surface area contributed by atoms with E-state index in [0.717, 1.165) is 46.1 Å². The molecule has 0 aromatic heterocycles. The molecule has 0 fully saturated rings. The maximum absolute atomic E-state index is 9.00. The number of carbonyl (C=O) groups is 1. The molecule has 2 aromatic carbocycles. The minimum Gasteiger partial charge on any atom is -0.481 e. The largest absolute Gasteiger partial charge is 0.481 e. The van der Waals surface area contributed by atoms with Crippen LogP contribution in [0.25, 0.3) is 5.57 Å². The van der Waals surface area contributed by atoms with Gasteiger partial charge in [-0.15, -0.1) is 12.4 Å². The van der Waals surface area contributed by atoms with Gasteiger partial charge in [0.05, 0.1) is 5.71 Å². The average molecular weight is 398 g/mol. The number of nitrogens with two attached hydrogens (primary N) is 2. The second kappa shape index (κ2) is 10.1. The van der Waals surface area contributed by atoms with E-state index in [0.29, 0.717) is 5.71 Å². The first-order chi connectivity index (χ1) is 12.8. The molecule has 0 bridgehead atoms. The Morgan fingerprint density at radius 2 is 1.29 bits per heavy atom. The molecule has 1 aliphatic carbocycles. The Labute approximate surface area is 171 Å². The molecule has 2 aromatic rings. The third-order valence-electron chi connectivity index (χ3n) is 3.91. The number of allylic oxidation sites excluding steroid dienone is 5. The number of benzene rings is 2. The number of halogens is 1. The molecule has 0 atom stereocenters. The van der Waals surface area contributed by atoms with Gasteiger partial charge in [0.1, 0.15) is 0 Å². The summed E-state index contributed by atoms with van der Waals surface area (Å²) in [6, 6.07) is 15.7. The Bertz CT molecular complexity index is 889. The Morgan fingerprint density at radius 3 is 1.64 bits per heavy atom. The fourth-order valence-electron chi connectivity index (χ4n) is 2.62. The van der Waals surface area contributed by atoms with Crippen LogP contribution in [0.1, 0.15) is 25.0 Å². The summed E-state index contributed by atoms with van der Waals surface area (Å²) < 4.78 is 0. The number of carboxylic acid groups (broad SMARTS) is 1. The van der Waals surface area contributed by atoms with Gasteiger partial charge in [-0.2, -0.15) is 0 Å². The van der Waals surface area contributed by atoms with Crippen LogP contribution in [0.2, 0.25) is 0 Å². The predicted octanol–water partition coefficient (Wildman–Crippen LogP) is 4.70. The van der Waals surface area contributed by atoms with Gasteiger partial charge >= 0.3 is 0 Å². The molecule has 0 aliphatic heterocycles. The van der Waals surface area contributed by atoms with E-state index in [-0.39, 0.29) is 12.4 Å². The molecule has 0 amide bonds. The molecule has 3 rings (SSSR count). The van der Waals surface area contributed by atoms with E-state index in [1.807, 2.05) is 73.7 Å². The zero-order valence-electron chi connectivity index (χ0n) is 15.8. The summed E-state index contributed by atoms with van der Waals surface area (Å²) in [4.78, 5) is 9.00. The molecular formula is C22H24ClN3O2. The topological polar surface area (TPSA) is 113 Å². The fourth-order valence-corrected chi connectivity index (χ4v) is 2.62. The van der Waals surface area contributed by atoms with Gasteiger partial charge in [-0.1, -0.05) is 30.3 Å². The van der Waals surface area contributed by atoms with Gasteiger partial charge in [-0.05, 0) is 71.2 Å². The number of nitrogens with one attached hydrogen (secondary N) is 1. The summed E-state index contributed by atoms with van der Waals surface area (Å²) in [5, 5.41) is 15.3. The number of hydrogen-bond acceptors (Lipinski definition) is 4. The molecule has 5 nitrogen and oxygen atoms in total. The lowest BCUT2D eigenvalue weighted by Crippen LogP contribution is -2.01. The molecule has 28 heavy (non-hydrogen) atoms. The molecule has 146 valence electrons. The van der Waals surface area contributed by atoms with Crippen molar-refractivity contribution in [2.75, 3.05) is 11.5 Å². The van der Waals surface area contributed by atoms with Gasteiger partial charge in [0.2, 0.25) is 0 Å². The number of hydrogen-bond donors (Lipinski definition) is 4. The number of nitrogen functional groups attached to an aromatic ring is 2. The van der Waals surface area contributed by atoms with Crippen LogP contribution >= 0.6 is 12.4 Å². The third-order valence-corrected chi connectivity index (χ3v) is 3.91. The van der Waals surface area contributed by atoms with Crippen molar-refractivity contribution in [2.24, 2.45) is 0 Å². The van der Waals surface area contributed by atoms with Gasteiger partial charge in [0.25, 0.3) is 5.97 Å². The van der Waals surface area contributed by atoms with Gasteiger partial charge in [-0.3, -0.25) is 4.79 Å². The summed E-state index contributed by atoms with van der Waals surface area (Å²) in [6.07, 6.45) is 5.86. The maximum atomic E-state index is 9.00. The summed E-state index contributed by atoms with van der Waals surface area (Å²) >= 11 is 0. The lowest BCUT2D eigenvalue weighted by atomic mass is 9.89. The smallest absolute Gasteiger partial charge is 0.300 e. The summed E-state index contributed by atoms with van der Waals surface area (Å²) in [5.41, 5.74) is 19.0. The van der Waals surface area contributed by atoms with Crippen LogP contribution in [-0.4, -0.2) is 16.8 Å². The van der Waals surface area contributed by atoms with Gasteiger partial charge < -0.3 is 22.0 Å². The van der Waals surface area contributed by atoms with Crippen LogP contribution in [-0.2, 0) is 4.79 Å². The Balaban J connectivity index is 0.000000717. The molecular weight excluding hydrogens is 374 g/mol. The Kier molecular flexibility index (Phi) is 8.23. The van der Waals surface area contributed by atoms with Crippen molar-refractivity contribution in [1.29, 1.82) is 5.41 Å². The highest BCUT2D eigenvalue weighted by atomic mass is 35.5. The minimum atomic E-state index is -0.833. The minimum absolute atomic E-state index is 0. The van der Waals surface area contributed by atoms with Crippen LogP contribution in [0, 0.1) is 5.41 Å². The number of carboxylic acids is 1. The van der Waals surface area contributed by atoms with Crippen LogP contribution < -0.4 is 11.5 Å². The Morgan fingerprint density at radius 1 is 0.893 bits per heavy atom. The third kappa shape index (κ3) is 6.14. The Hall–Kier alpha value is -3.31. The van der Waals surface area contributed by atoms with E-state index in [1.54, 1.807) is 0 Å². The van der Waals surface area contributed by atoms with E-state index >= 15 is 0 Å². The number of anilines is 2. The van der Waals surface area contributed by atoms with E-state index in [9.17, 15) is 0 Å². The van der Waals surface area contributed by atoms with E-state index in [1.165, 1.54) is 0 Å². The SMILES string of the molecule is CC(=O)O.CC1=CC(=C(c2ccc(N)cc2)c2ccc(N)cc2)C=CC1=N.Cl. The van der Waals surface area contributed by atoms with Gasteiger partial charge in [-0.25, -0.2) is 0 Å². The highest BCUT2D eigenvalue weighted by Crippen LogP contribution is 2.31. The maximum Gasteiger partial charge on any atom is 0.300 e. The molecule has 0 heterocycles. The molecule has 1 aliphatic rings. The second-order valence-corrected chi connectivity index (χ2v) is 6.17. The van der Waals surface area contributed by atoms with Gasteiger partial charge in [0, 0.05) is 18.3 Å². The summed E-state index contributed by atoms with van der Waals surface area (Å²) in [7, 11) is 0. The molecule has 6 heteroatoms. The zero-order valence-corrected chi connectivity index (χ0v) is 16.6. The normalized spacial score (nSPS) is 12.3. The van der Waals surface area contributed by atoms with E-state index < -0.39 is 5.97 Å². The molecule has 0 saturated heterocycles. The van der Waals surface area contributed by atoms with Crippen molar-refractivity contribution in [2.45, 2.75) is 13.8 Å². The van der Waals surface area contributed by atoms with Crippen LogP contribution in [0.4, 0.5) is 11.4 Å². The first kappa shape index (κ1) is 22.7. The molecule has 0 radical (unpaired) electrons. The monoisotopic (exact) mass is 397 g/mol. The summed E-state index contributed by atoms with van der Waals surface area (Å²) in [5.74, 6) is -0.833. The van der Waals surface area contributed by atoms with Crippen molar-refractivity contribution < 1.29 is 9.90 Å². The second-order valence-electron chi connectivity index (χ2n) is 6.17. The highest BCUT2D eigenvalue weighted by molar-refractivity contribution is 6.08. The van der Waals surface area contributed by atoms with Crippen molar-refractivity contribution in [3.8, 4) is 0 Å². The first-order valence-corrected chi connectivity index (χ1v) is 8.39. The van der Waals surface area contributed by atoms with E-state index in [4.69, 9.17) is 26.8 Å². The van der Waals surface area contributed by atoms with E-state index in [2.05, 4.69) is 0 Å². The molecule has 0 saturated carbocycles. The molecule has 0 spiro atoms.